The van der Waals surface area contributed by atoms with Crippen molar-refractivity contribution in [2.45, 2.75) is 52.5 Å². The summed E-state index contributed by atoms with van der Waals surface area (Å²) in [7, 11) is 1.92. The molecule has 3 atom stereocenters. The number of rotatable bonds is 6. The topological polar surface area (TPSA) is 78.4 Å². The van der Waals surface area contributed by atoms with Crippen molar-refractivity contribution in [2.24, 2.45) is 17.3 Å². The van der Waals surface area contributed by atoms with Crippen LogP contribution >= 0.6 is 11.3 Å². The van der Waals surface area contributed by atoms with Gasteiger partial charge in [-0.05, 0) is 55.1 Å². The molecule has 5 heterocycles. The monoisotopic (exact) mass is 557 g/mol. The predicted octanol–water partition coefficient (Wildman–Crippen LogP) is 4.62. The minimum Gasteiger partial charge on any atom is -0.316 e. The fourth-order valence-corrected chi connectivity index (χ4v) is 7.39. The summed E-state index contributed by atoms with van der Waals surface area (Å²) in [6.45, 7) is 7.86. The Morgan fingerprint density at radius 2 is 1.87 bits per heavy atom. The second kappa shape index (κ2) is 9.07. The van der Waals surface area contributed by atoms with Gasteiger partial charge in [-0.15, -0.1) is 11.3 Å². The molecule has 0 spiro atoms. The number of nitrogens with zero attached hydrogens (tertiary/aromatic N) is 4. The number of likely N-dealkylation sites (N-methyl/N-ethyl adjacent to an activating group) is 1. The minimum absolute atomic E-state index is 0.141. The molecule has 3 fully saturated rings. The van der Waals surface area contributed by atoms with Crippen molar-refractivity contribution in [2.75, 3.05) is 20.1 Å². The number of nitrogens with one attached hydrogen (secondary N) is 1. The Labute approximate surface area is 228 Å². The van der Waals surface area contributed by atoms with Gasteiger partial charge in [-0.3, -0.25) is 24.4 Å². The lowest BCUT2D eigenvalue weighted by molar-refractivity contribution is -0.144. The van der Waals surface area contributed by atoms with E-state index in [9.17, 15) is 22.8 Å². The molecule has 0 radical (unpaired) electrons. The second-order valence-corrected chi connectivity index (χ2v) is 12.6. The maximum Gasteiger partial charge on any atom is 0.433 e. The Morgan fingerprint density at radius 3 is 2.51 bits per heavy atom. The summed E-state index contributed by atoms with van der Waals surface area (Å²) in [4.78, 5) is 38.7. The quantitative estimate of drug-likeness (QED) is 0.446. The Kier molecular flexibility index (Phi) is 6.13. The first-order valence-corrected chi connectivity index (χ1v) is 13.9. The number of aryl methyl sites for hydroxylation is 1. The lowest BCUT2D eigenvalue weighted by atomic mass is 10.00. The van der Waals surface area contributed by atoms with Gasteiger partial charge in [-0.1, -0.05) is 13.8 Å². The van der Waals surface area contributed by atoms with Crippen molar-refractivity contribution in [3.8, 4) is 11.3 Å². The summed E-state index contributed by atoms with van der Waals surface area (Å²) in [5.41, 5.74) is 1.57. The third kappa shape index (κ3) is 4.35. The molecule has 2 unspecified atom stereocenters. The molecular formula is C28H30F3N5O2S. The van der Waals surface area contributed by atoms with E-state index in [1.807, 2.05) is 27.0 Å². The van der Waals surface area contributed by atoms with E-state index in [0.717, 1.165) is 36.0 Å². The van der Waals surface area contributed by atoms with Crippen molar-refractivity contribution in [1.82, 2.24) is 25.1 Å². The number of piperidine rings is 1. The van der Waals surface area contributed by atoms with Gasteiger partial charge < -0.3 is 5.32 Å². The van der Waals surface area contributed by atoms with Crippen LogP contribution in [0, 0.1) is 24.2 Å². The number of imide groups is 1. The lowest BCUT2D eigenvalue weighted by Gasteiger charge is -2.21. The molecule has 3 aromatic rings. The Balaban J connectivity index is 1.38. The van der Waals surface area contributed by atoms with Gasteiger partial charge in [-0.2, -0.15) is 13.2 Å². The zero-order valence-corrected chi connectivity index (χ0v) is 23.0. The van der Waals surface area contributed by atoms with Crippen molar-refractivity contribution >= 4 is 33.4 Å². The molecule has 1 saturated carbocycles. The smallest absolute Gasteiger partial charge is 0.316 e. The van der Waals surface area contributed by atoms with Gasteiger partial charge in [0.05, 0.1) is 34.3 Å². The third-order valence-corrected chi connectivity index (χ3v) is 9.77. The maximum atomic E-state index is 13.8. The average Bonchev–Trinajstić information content (AvgIpc) is 3.28. The van der Waals surface area contributed by atoms with Crippen LogP contribution in [0.2, 0.25) is 0 Å². The van der Waals surface area contributed by atoms with Crippen molar-refractivity contribution in [3.05, 3.63) is 46.1 Å². The molecule has 3 aromatic heterocycles. The number of aromatic nitrogens is 2. The molecule has 6 rings (SSSR count). The van der Waals surface area contributed by atoms with Gasteiger partial charge in [-0.25, -0.2) is 4.98 Å². The van der Waals surface area contributed by atoms with Crippen LogP contribution in [0.25, 0.3) is 21.5 Å². The van der Waals surface area contributed by atoms with E-state index >= 15 is 0 Å². The van der Waals surface area contributed by atoms with E-state index in [0.29, 0.717) is 39.6 Å². The molecule has 2 saturated heterocycles. The standard InChI is InChI=1S/C28H30F3N5O2S/c1-14-9-20(28(29,30)31)34-23(18(14)13-35-8-6-15(11-35)32-4)17-5-7-33-19-10-16(39-24(17)19)12-36-25(37)21-22(26(36)38)27(21,2)3/h5,7,9-10,15,21-22,32H,6,8,11-13H2,1-4H3/t15-,21?,22?/m0/s1. The zero-order valence-electron chi connectivity index (χ0n) is 22.2. The average molecular weight is 558 g/mol. The number of alkyl halides is 3. The number of carbonyl (C=O) groups excluding carboxylic acids is 2. The molecule has 7 nitrogen and oxygen atoms in total. The van der Waals surface area contributed by atoms with E-state index in [2.05, 4.69) is 20.2 Å². The molecule has 1 aliphatic carbocycles. The van der Waals surface area contributed by atoms with E-state index in [1.54, 1.807) is 19.2 Å². The highest BCUT2D eigenvalue weighted by Gasteiger charge is 2.72. The first-order valence-electron chi connectivity index (χ1n) is 13.1. The highest BCUT2D eigenvalue weighted by Crippen LogP contribution is 2.63. The van der Waals surface area contributed by atoms with Gasteiger partial charge in [0, 0.05) is 42.3 Å². The Hall–Kier alpha value is -2.89. The number of carbonyl (C=O) groups is 2. The van der Waals surface area contributed by atoms with Crippen molar-refractivity contribution in [3.63, 3.8) is 0 Å². The lowest BCUT2D eigenvalue weighted by Crippen LogP contribution is -2.35. The number of hydrogen-bond donors (Lipinski definition) is 1. The van der Waals surface area contributed by atoms with Crippen LogP contribution < -0.4 is 5.32 Å². The number of pyridine rings is 2. The zero-order chi connectivity index (χ0) is 27.9. The number of fused-ring (bicyclic) bond motifs is 2. The normalized spacial score (nSPS) is 24.7. The molecular weight excluding hydrogens is 527 g/mol. The number of amides is 2. The van der Waals surface area contributed by atoms with Crippen molar-refractivity contribution < 1.29 is 22.8 Å². The number of likely N-dealkylation sites (tertiary alicyclic amines) is 2. The van der Waals surface area contributed by atoms with Gasteiger partial charge in [0.2, 0.25) is 11.8 Å². The number of hydrogen-bond acceptors (Lipinski definition) is 7. The molecule has 11 heteroatoms. The first-order chi connectivity index (χ1) is 18.4. The summed E-state index contributed by atoms with van der Waals surface area (Å²) in [5.74, 6) is -0.825. The molecule has 0 bridgehead atoms. The molecule has 3 aliphatic rings. The summed E-state index contributed by atoms with van der Waals surface area (Å²) in [5, 5.41) is 3.28. The summed E-state index contributed by atoms with van der Waals surface area (Å²) in [6.07, 6.45) is -2.04. The Bertz CT molecular complexity index is 1480. The summed E-state index contributed by atoms with van der Waals surface area (Å²) < 4.78 is 42.2. The van der Waals surface area contributed by atoms with Gasteiger partial charge in [0.1, 0.15) is 5.69 Å². The van der Waals surface area contributed by atoms with Gasteiger partial charge >= 0.3 is 6.18 Å². The van der Waals surface area contributed by atoms with Crippen LogP contribution in [0.4, 0.5) is 13.2 Å². The molecule has 0 aromatic carbocycles. The van der Waals surface area contributed by atoms with Gasteiger partial charge in [0.25, 0.3) is 0 Å². The fraction of sp³-hybridized carbons (Fsp3) is 0.500. The van der Waals surface area contributed by atoms with E-state index in [4.69, 9.17) is 0 Å². The third-order valence-electron chi connectivity index (χ3n) is 8.62. The highest BCUT2D eigenvalue weighted by atomic mass is 32.1. The fourth-order valence-electron chi connectivity index (χ4n) is 6.27. The first kappa shape index (κ1) is 26.3. The predicted molar refractivity (Wildman–Crippen MR) is 142 cm³/mol. The van der Waals surface area contributed by atoms with E-state index in [1.165, 1.54) is 16.2 Å². The largest absolute Gasteiger partial charge is 0.433 e. The van der Waals surface area contributed by atoms with Crippen LogP contribution in [0.5, 0.6) is 0 Å². The molecule has 2 amide bonds. The van der Waals surface area contributed by atoms with Crippen molar-refractivity contribution in [1.29, 1.82) is 0 Å². The molecule has 2 aliphatic heterocycles. The molecule has 206 valence electrons. The maximum absolute atomic E-state index is 13.8. The number of halogens is 3. The molecule has 1 N–H and O–H groups in total. The van der Waals surface area contributed by atoms with Crippen LogP contribution in [0.1, 0.15) is 42.0 Å². The van der Waals surface area contributed by atoms with Crippen LogP contribution in [-0.4, -0.2) is 57.8 Å². The second-order valence-electron chi connectivity index (χ2n) is 11.5. The summed E-state index contributed by atoms with van der Waals surface area (Å²) in [6, 6.07) is 4.99. The van der Waals surface area contributed by atoms with Crippen LogP contribution in [0.15, 0.2) is 24.4 Å². The van der Waals surface area contributed by atoms with Gasteiger partial charge in [0.15, 0.2) is 0 Å². The SMILES string of the molecule is CN[C@H]1CCN(Cc2c(C)cc(C(F)(F)F)nc2-c2ccnc3cc(CN4C(=O)C5C(C4=O)C5(C)C)sc23)C1. The minimum atomic E-state index is -4.58. The highest BCUT2D eigenvalue weighted by molar-refractivity contribution is 7.19. The van der Waals surface area contributed by atoms with Crippen LogP contribution in [-0.2, 0) is 28.9 Å². The summed E-state index contributed by atoms with van der Waals surface area (Å²) >= 11 is 1.35. The molecule has 39 heavy (non-hydrogen) atoms. The van der Waals surface area contributed by atoms with E-state index in [-0.39, 0.29) is 35.6 Å². The number of thiophene rings is 1. The Morgan fingerprint density at radius 1 is 1.15 bits per heavy atom. The van der Waals surface area contributed by atoms with E-state index < -0.39 is 11.9 Å². The van der Waals surface area contributed by atoms with Crippen LogP contribution in [0.3, 0.4) is 0 Å².